The Hall–Kier alpha value is -5.38. The molecule has 3 amide bonds. The number of pyridine rings is 1. The molecule has 0 saturated carbocycles. The summed E-state index contributed by atoms with van der Waals surface area (Å²) in [7, 11) is 1.48. The normalized spacial score (nSPS) is 11.6. The molecule has 2 aromatic heterocycles. The van der Waals surface area contributed by atoms with E-state index in [1.165, 1.54) is 26.4 Å². The van der Waals surface area contributed by atoms with Gasteiger partial charge in [-0.05, 0) is 81.8 Å². The molecule has 0 aliphatic rings. The molecule has 2 heterocycles. The smallest absolute Gasteiger partial charge is 0.408 e. The number of benzene rings is 2. The lowest BCUT2D eigenvalue weighted by Crippen LogP contribution is -2.43. The highest BCUT2D eigenvalue weighted by Crippen LogP contribution is 2.38. The molecule has 12 nitrogen and oxygen atoms in total. The molecule has 0 bridgehead atoms. The minimum atomic E-state index is -0.917. The van der Waals surface area contributed by atoms with Gasteiger partial charge in [0.2, 0.25) is 5.91 Å². The molecule has 0 aliphatic carbocycles. The largest absolute Gasteiger partial charge is 0.467 e. The van der Waals surface area contributed by atoms with Crippen LogP contribution in [0.4, 0.5) is 16.3 Å². The number of methoxy groups -OCH3 is 1. The van der Waals surface area contributed by atoms with Crippen LogP contribution in [-0.4, -0.2) is 48.4 Å². The lowest BCUT2D eigenvalue weighted by atomic mass is 9.97. The van der Waals surface area contributed by atoms with E-state index in [-0.39, 0.29) is 23.9 Å². The number of hydrogen-bond acceptors (Lipinski definition) is 9. The number of carbonyl (C=O) groups is 3. The molecule has 0 saturated heterocycles. The molecule has 0 fully saturated rings. The summed E-state index contributed by atoms with van der Waals surface area (Å²) in [5.74, 6) is -0.767. The Balaban J connectivity index is 1.75. The first-order valence-electron chi connectivity index (χ1n) is 14.0. The topological polar surface area (TPSA) is 165 Å². The molecule has 4 aromatic rings. The van der Waals surface area contributed by atoms with Crippen LogP contribution in [0, 0.1) is 11.3 Å². The maximum atomic E-state index is 13.0. The first-order valence-corrected chi connectivity index (χ1v) is 14.4. The summed E-state index contributed by atoms with van der Waals surface area (Å²) in [6.45, 7) is 6.61. The molecular weight excluding hydrogens is 614 g/mol. The fourth-order valence-corrected chi connectivity index (χ4v) is 4.37. The van der Waals surface area contributed by atoms with Gasteiger partial charge in [0.1, 0.15) is 29.0 Å². The van der Waals surface area contributed by atoms with Gasteiger partial charge in [-0.1, -0.05) is 23.7 Å². The zero-order valence-corrected chi connectivity index (χ0v) is 26.5. The zero-order valence-electron chi connectivity index (χ0n) is 25.8. The summed E-state index contributed by atoms with van der Waals surface area (Å²) in [5.41, 5.74) is 1.48. The highest BCUT2D eigenvalue weighted by molar-refractivity contribution is 6.30. The molecule has 4 rings (SSSR count). The summed E-state index contributed by atoms with van der Waals surface area (Å²) in [4.78, 5) is 42.7. The Morgan fingerprint density at radius 1 is 1.04 bits per heavy atom. The predicted octanol–water partition coefficient (Wildman–Crippen LogP) is 6.62. The van der Waals surface area contributed by atoms with E-state index in [0.29, 0.717) is 38.8 Å². The molecule has 0 spiro atoms. The SMILES string of the molecule is COCOc1cc(Cl)ccc1-c1cc(-c2cccc(NC(=O)[C@H](C)NC(=O)OC(C)(C)C)c2)c(C#N)c(NC(=O)c2ccco2)n1. The van der Waals surface area contributed by atoms with Crippen LogP contribution in [0.25, 0.3) is 22.4 Å². The van der Waals surface area contributed by atoms with Crippen LogP contribution >= 0.6 is 11.6 Å². The van der Waals surface area contributed by atoms with Crippen molar-refractivity contribution in [2.75, 3.05) is 24.5 Å². The summed E-state index contributed by atoms with van der Waals surface area (Å²) in [5, 5.41) is 18.6. The number of rotatable bonds is 10. The van der Waals surface area contributed by atoms with E-state index in [0.717, 1.165) is 0 Å². The summed E-state index contributed by atoms with van der Waals surface area (Å²) in [6, 6.07) is 17.6. The summed E-state index contributed by atoms with van der Waals surface area (Å²) < 4.78 is 21.3. The Kier molecular flexibility index (Phi) is 10.6. The average Bonchev–Trinajstić information content (AvgIpc) is 3.54. The zero-order chi connectivity index (χ0) is 33.4. The number of furan rings is 1. The Morgan fingerprint density at radius 3 is 2.50 bits per heavy atom. The van der Waals surface area contributed by atoms with Gasteiger partial charge in [0.25, 0.3) is 5.91 Å². The minimum absolute atomic E-state index is 0.0204. The van der Waals surface area contributed by atoms with Gasteiger partial charge in [-0.3, -0.25) is 9.59 Å². The molecule has 2 aromatic carbocycles. The van der Waals surface area contributed by atoms with Crippen molar-refractivity contribution >= 4 is 41.0 Å². The van der Waals surface area contributed by atoms with E-state index in [2.05, 4.69) is 27.0 Å². The third-order valence-corrected chi connectivity index (χ3v) is 6.46. The van der Waals surface area contributed by atoms with Crippen LogP contribution in [0.15, 0.2) is 71.3 Å². The molecule has 238 valence electrons. The van der Waals surface area contributed by atoms with Crippen LogP contribution < -0.4 is 20.7 Å². The Labute approximate surface area is 270 Å². The lowest BCUT2D eigenvalue weighted by molar-refractivity contribution is -0.117. The molecule has 13 heteroatoms. The van der Waals surface area contributed by atoms with Crippen LogP contribution in [0.3, 0.4) is 0 Å². The van der Waals surface area contributed by atoms with Crippen molar-refractivity contribution in [1.82, 2.24) is 10.3 Å². The monoisotopic (exact) mass is 645 g/mol. The molecule has 1 atom stereocenters. The van der Waals surface area contributed by atoms with Gasteiger partial charge >= 0.3 is 6.09 Å². The fraction of sp³-hybridized carbons (Fsp3) is 0.242. The summed E-state index contributed by atoms with van der Waals surface area (Å²) in [6.07, 6.45) is 0.624. The first kappa shape index (κ1) is 33.5. The van der Waals surface area contributed by atoms with Gasteiger partial charge in [-0.15, -0.1) is 0 Å². The van der Waals surface area contributed by atoms with Crippen molar-refractivity contribution in [1.29, 1.82) is 5.26 Å². The second-order valence-electron chi connectivity index (χ2n) is 11.0. The van der Waals surface area contributed by atoms with Crippen molar-refractivity contribution in [3.05, 3.63) is 83.3 Å². The number of anilines is 2. The highest BCUT2D eigenvalue weighted by atomic mass is 35.5. The quantitative estimate of drug-likeness (QED) is 0.161. The van der Waals surface area contributed by atoms with Crippen LogP contribution in [0.5, 0.6) is 5.75 Å². The average molecular weight is 646 g/mol. The van der Waals surface area contributed by atoms with Crippen molar-refractivity contribution in [2.24, 2.45) is 0 Å². The number of aromatic nitrogens is 1. The number of nitriles is 1. The standard InChI is InChI=1S/C33H32ClN5O7/c1-19(36-32(42)46-33(2,3)4)30(40)37-22-9-6-8-20(14-22)24-16-26(23-12-11-21(34)15-28(23)45-18-43-5)38-29(25(24)17-35)39-31(41)27-10-7-13-44-27/h6-16,19H,18H2,1-5H3,(H,36,42)(H,37,40)(H,38,39,41)/t19-/m0/s1. The number of ether oxygens (including phenoxy) is 3. The van der Waals surface area contributed by atoms with Gasteiger partial charge in [-0.2, -0.15) is 5.26 Å². The number of nitrogens with one attached hydrogen (secondary N) is 3. The van der Waals surface area contributed by atoms with Crippen molar-refractivity contribution in [3.8, 4) is 34.2 Å². The van der Waals surface area contributed by atoms with Crippen molar-refractivity contribution in [2.45, 2.75) is 39.3 Å². The van der Waals surface area contributed by atoms with E-state index < -0.39 is 29.6 Å². The molecular formula is C33H32ClN5O7. The minimum Gasteiger partial charge on any atom is -0.467 e. The Bertz CT molecular complexity index is 1780. The third kappa shape index (κ3) is 8.62. The van der Waals surface area contributed by atoms with Crippen LogP contribution in [0.2, 0.25) is 5.02 Å². The number of nitrogens with zero attached hydrogens (tertiary/aromatic N) is 2. The van der Waals surface area contributed by atoms with Crippen LogP contribution in [-0.2, 0) is 14.3 Å². The number of halogens is 1. The summed E-state index contributed by atoms with van der Waals surface area (Å²) >= 11 is 6.24. The molecule has 0 radical (unpaired) electrons. The van der Waals surface area contributed by atoms with Crippen molar-refractivity contribution < 1.29 is 33.0 Å². The molecule has 0 aliphatic heterocycles. The maximum absolute atomic E-state index is 13.0. The van der Waals surface area contributed by atoms with Gasteiger partial charge in [0, 0.05) is 28.9 Å². The van der Waals surface area contributed by atoms with Crippen LogP contribution in [0.1, 0.15) is 43.8 Å². The van der Waals surface area contributed by atoms with Gasteiger partial charge < -0.3 is 34.6 Å². The second-order valence-corrected chi connectivity index (χ2v) is 11.4. The predicted molar refractivity (Wildman–Crippen MR) is 171 cm³/mol. The lowest BCUT2D eigenvalue weighted by Gasteiger charge is -2.21. The number of amides is 3. The second kappa shape index (κ2) is 14.6. The highest BCUT2D eigenvalue weighted by Gasteiger charge is 2.23. The number of alkyl carbamates (subject to hydrolysis) is 1. The molecule has 0 unspecified atom stereocenters. The van der Waals surface area contributed by atoms with E-state index in [1.807, 2.05) is 0 Å². The van der Waals surface area contributed by atoms with E-state index in [1.54, 1.807) is 75.4 Å². The number of carbonyl (C=O) groups excluding carboxylic acids is 3. The molecule has 46 heavy (non-hydrogen) atoms. The third-order valence-electron chi connectivity index (χ3n) is 6.23. The van der Waals surface area contributed by atoms with E-state index in [4.69, 9.17) is 30.2 Å². The van der Waals surface area contributed by atoms with Crippen molar-refractivity contribution in [3.63, 3.8) is 0 Å². The first-order chi connectivity index (χ1) is 21.9. The van der Waals surface area contributed by atoms with E-state index in [9.17, 15) is 19.6 Å². The van der Waals surface area contributed by atoms with Gasteiger partial charge in [0.15, 0.2) is 18.4 Å². The van der Waals surface area contributed by atoms with Gasteiger partial charge in [-0.25, -0.2) is 9.78 Å². The molecule has 3 N–H and O–H groups in total. The van der Waals surface area contributed by atoms with Gasteiger partial charge in [0.05, 0.1) is 12.0 Å². The van der Waals surface area contributed by atoms with E-state index >= 15 is 0 Å². The Morgan fingerprint density at radius 2 is 1.83 bits per heavy atom. The number of hydrogen-bond donors (Lipinski definition) is 3. The maximum Gasteiger partial charge on any atom is 0.408 e. The fourth-order valence-electron chi connectivity index (χ4n) is 4.21.